The van der Waals surface area contributed by atoms with Crippen LogP contribution in [0.5, 0.6) is 11.5 Å². The Labute approximate surface area is 218 Å². The van der Waals surface area contributed by atoms with E-state index in [0.29, 0.717) is 0 Å². The molecule has 0 aliphatic heterocycles. The average molecular weight is 545 g/mol. The van der Waals surface area contributed by atoms with Gasteiger partial charge in [-0.25, -0.2) is 8.78 Å². The van der Waals surface area contributed by atoms with Crippen LogP contribution in [0.3, 0.4) is 0 Å². The molecule has 3 N–H and O–H groups in total. The van der Waals surface area contributed by atoms with Crippen LogP contribution in [-0.4, -0.2) is 48.3 Å². The lowest BCUT2D eigenvalue weighted by Gasteiger charge is -2.32. The Balaban J connectivity index is 1.86. The highest BCUT2D eigenvalue weighted by molar-refractivity contribution is 6.31. The van der Waals surface area contributed by atoms with Crippen molar-refractivity contribution in [3.63, 3.8) is 0 Å². The zero-order chi connectivity index (χ0) is 26.9. The largest absolute Gasteiger partial charge is 0.484 e. The summed E-state index contributed by atoms with van der Waals surface area (Å²) in [6.45, 7) is 6.19. The Morgan fingerprint density at radius 2 is 1.53 bits per heavy atom. The second-order valence-corrected chi connectivity index (χ2v) is 9.34. The van der Waals surface area contributed by atoms with E-state index in [1.165, 1.54) is 30.3 Å². The maximum absolute atomic E-state index is 13.5. The van der Waals surface area contributed by atoms with Crippen molar-refractivity contribution in [2.24, 2.45) is 5.92 Å². The molecule has 2 amide bonds. The number of carbonyl (C=O) groups excluding carboxylic acids is 2. The Hall–Kier alpha value is -2.88. The number of benzene rings is 2. The number of hydrogen-bond donors (Lipinski definition) is 3. The molecular formula is C25H28Cl2F2N2O5. The van der Waals surface area contributed by atoms with Gasteiger partial charge in [0.25, 0.3) is 11.8 Å². The average Bonchev–Trinajstić information content (AvgIpc) is 2.81. The van der Waals surface area contributed by atoms with E-state index in [1.54, 1.807) is 13.8 Å². The second-order valence-electron chi connectivity index (χ2n) is 8.53. The van der Waals surface area contributed by atoms with Gasteiger partial charge in [0.05, 0.1) is 15.6 Å². The van der Waals surface area contributed by atoms with Crippen LogP contribution in [0.1, 0.15) is 20.3 Å². The van der Waals surface area contributed by atoms with Gasteiger partial charge in [-0.05, 0) is 44.5 Å². The summed E-state index contributed by atoms with van der Waals surface area (Å²) in [7, 11) is 0. The van der Waals surface area contributed by atoms with E-state index in [1.807, 2.05) is 0 Å². The summed E-state index contributed by atoms with van der Waals surface area (Å²) in [5.41, 5.74) is -1.21. The van der Waals surface area contributed by atoms with Crippen LogP contribution in [0.2, 0.25) is 10.0 Å². The van der Waals surface area contributed by atoms with Gasteiger partial charge in [0, 0.05) is 30.6 Å². The molecule has 0 bridgehead atoms. The zero-order valence-electron chi connectivity index (χ0n) is 19.8. The first-order valence-corrected chi connectivity index (χ1v) is 11.7. The van der Waals surface area contributed by atoms with Crippen molar-refractivity contribution < 1.29 is 33.0 Å². The van der Waals surface area contributed by atoms with Gasteiger partial charge < -0.3 is 25.2 Å². The number of rotatable bonds is 13. The highest BCUT2D eigenvalue weighted by atomic mass is 35.5. The number of carbonyl (C=O) groups is 2. The molecule has 0 heterocycles. The van der Waals surface area contributed by atoms with E-state index in [-0.39, 0.29) is 47.7 Å². The molecule has 0 aliphatic rings. The summed E-state index contributed by atoms with van der Waals surface area (Å²) in [4.78, 5) is 24.5. The molecule has 2 atom stereocenters. The normalized spacial score (nSPS) is 12.9. The first kappa shape index (κ1) is 29.4. The molecule has 0 fully saturated rings. The third-order valence-electron chi connectivity index (χ3n) is 5.24. The van der Waals surface area contributed by atoms with Gasteiger partial charge in [-0.2, -0.15) is 0 Å². The number of nitrogens with one attached hydrogen (secondary N) is 2. The molecule has 2 unspecified atom stereocenters. The number of ether oxygens (including phenoxy) is 2. The molecule has 0 radical (unpaired) electrons. The van der Waals surface area contributed by atoms with Gasteiger partial charge in [0.2, 0.25) is 0 Å². The molecule has 196 valence electrons. The van der Waals surface area contributed by atoms with E-state index < -0.39 is 41.0 Å². The van der Waals surface area contributed by atoms with Crippen LogP contribution in [0.15, 0.2) is 49.1 Å². The lowest BCUT2D eigenvalue weighted by Crippen LogP contribution is -2.46. The standard InChI is InChI=1S/C25H28Cl2F2N2O5/c1-4-16(31-24(33)14-36-18-6-8-20(27)22(29)11-18)9-15(25(2,3)34)12-30-23(32)13-35-17-5-7-19(26)21(28)10-17/h4-8,10-11,15-16,34H,1,9,12-14H2,2-3H3,(H,30,32)(H,31,33). The van der Waals surface area contributed by atoms with Gasteiger partial charge >= 0.3 is 0 Å². The molecule has 11 heteroatoms. The van der Waals surface area contributed by atoms with E-state index in [4.69, 9.17) is 32.7 Å². The minimum atomic E-state index is -1.21. The maximum Gasteiger partial charge on any atom is 0.258 e. The molecule has 7 nitrogen and oxygen atoms in total. The van der Waals surface area contributed by atoms with E-state index >= 15 is 0 Å². The molecular weight excluding hydrogens is 517 g/mol. The molecule has 0 saturated heterocycles. The van der Waals surface area contributed by atoms with Crippen molar-refractivity contribution in [3.05, 3.63) is 70.7 Å². The smallest absolute Gasteiger partial charge is 0.258 e. The fourth-order valence-electron chi connectivity index (χ4n) is 3.11. The number of amides is 2. The number of halogens is 4. The molecule has 0 aliphatic carbocycles. The fourth-order valence-corrected chi connectivity index (χ4v) is 3.34. The Morgan fingerprint density at radius 3 is 1.97 bits per heavy atom. The van der Waals surface area contributed by atoms with Gasteiger partial charge in [-0.1, -0.05) is 29.3 Å². The summed E-state index contributed by atoms with van der Waals surface area (Å²) >= 11 is 11.2. The van der Waals surface area contributed by atoms with Crippen molar-refractivity contribution in [2.75, 3.05) is 19.8 Å². The van der Waals surface area contributed by atoms with Gasteiger partial charge in [-0.15, -0.1) is 6.58 Å². The van der Waals surface area contributed by atoms with Gasteiger partial charge in [0.1, 0.15) is 23.1 Å². The van der Waals surface area contributed by atoms with Crippen molar-refractivity contribution >= 4 is 35.0 Å². The minimum absolute atomic E-state index is 0.0610. The number of aliphatic hydroxyl groups is 1. The first-order chi connectivity index (χ1) is 16.9. The molecule has 2 aromatic rings. The van der Waals surface area contributed by atoms with Gasteiger partial charge in [0.15, 0.2) is 13.2 Å². The molecule has 36 heavy (non-hydrogen) atoms. The van der Waals surface area contributed by atoms with Crippen LogP contribution < -0.4 is 20.1 Å². The van der Waals surface area contributed by atoms with Crippen molar-refractivity contribution in [1.29, 1.82) is 0 Å². The maximum atomic E-state index is 13.5. The molecule has 2 rings (SSSR count). The Morgan fingerprint density at radius 1 is 1.03 bits per heavy atom. The summed E-state index contributed by atoms with van der Waals surface area (Å²) in [5.74, 6) is -2.50. The monoisotopic (exact) mass is 544 g/mol. The van der Waals surface area contributed by atoms with Gasteiger partial charge in [-0.3, -0.25) is 9.59 Å². The predicted molar refractivity (Wildman–Crippen MR) is 133 cm³/mol. The summed E-state index contributed by atoms with van der Waals surface area (Å²) < 4.78 is 37.5. The van der Waals surface area contributed by atoms with Crippen LogP contribution in [0.25, 0.3) is 0 Å². The third kappa shape index (κ3) is 9.64. The quantitative estimate of drug-likeness (QED) is 0.327. The molecule has 0 spiro atoms. The van der Waals surface area contributed by atoms with E-state index in [2.05, 4.69) is 17.2 Å². The molecule has 2 aromatic carbocycles. The first-order valence-electron chi connectivity index (χ1n) is 11.0. The third-order valence-corrected chi connectivity index (χ3v) is 5.85. The SMILES string of the molecule is C=CC(CC(CNC(=O)COc1ccc(Cl)c(F)c1)C(C)(C)O)NC(=O)COc1ccc(Cl)c(F)c1. The second kappa shape index (κ2) is 13.4. The fraction of sp³-hybridized carbons (Fsp3) is 0.360. The van der Waals surface area contributed by atoms with Crippen LogP contribution >= 0.6 is 23.2 Å². The van der Waals surface area contributed by atoms with Crippen molar-refractivity contribution in [3.8, 4) is 11.5 Å². The van der Waals surface area contributed by atoms with E-state index in [0.717, 1.165) is 12.1 Å². The highest BCUT2D eigenvalue weighted by Gasteiger charge is 2.29. The van der Waals surface area contributed by atoms with E-state index in [9.17, 15) is 23.5 Å². The van der Waals surface area contributed by atoms with Crippen molar-refractivity contribution in [2.45, 2.75) is 31.9 Å². The van der Waals surface area contributed by atoms with Crippen LogP contribution in [0, 0.1) is 17.6 Å². The van der Waals surface area contributed by atoms with Crippen LogP contribution in [-0.2, 0) is 9.59 Å². The topological polar surface area (TPSA) is 96.9 Å². The number of hydrogen-bond acceptors (Lipinski definition) is 5. The Kier molecular flexibility index (Phi) is 11.0. The summed E-state index contributed by atoms with van der Waals surface area (Å²) in [6.07, 6.45) is 1.75. The summed E-state index contributed by atoms with van der Waals surface area (Å²) in [6, 6.07) is 7.09. The zero-order valence-corrected chi connectivity index (χ0v) is 21.3. The molecule has 0 aromatic heterocycles. The van der Waals surface area contributed by atoms with Crippen LogP contribution in [0.4, 0.5) is 8.78 Å². The minimum Gasteiger partial charge on any atom is -0.484 e. The van der Waals surface area contributed by atoms with Crippen molar-refractivity contribution in [1.82, 2.24) is 10.6 Å². The predicted octanol–water partition coefficient (Wildman–Crippen LogP) is 4.29. The lowest BCUT2D eigenvalue weighted by atomic mass is 9.85. The Bertz CT molecular complexity index is 1080. The summed E-state index contributed by atoms with van der Waals surface area (Å²) in [5, 5.41) is 15.8. The molecule has 0 saturated carbocycles. The highest BCUT2D eigenvalue weighted by Crippen LogP contribution is 2.23. The lowest BCUT2D eigenvalue weighted by molar-refractivity contribution is -0.125.